The Morgan fingerprint density at radius 1 is 1.13 bits per heavy atom. The van der Waals surface area contributed by atoms with Gasteiger partial charge in [-0.25, -0.2) is 9.79 Å². The van der Waals surface area contributed by atoms with E-state index >= 15 is 0 Å². The maximum absolute atomic E-state index is 13.9. The fraction of sp³-hybridized carbons (Fsp3) is 0.276. The van der Waals surface area contributed by atoms with Gasteiger partial charge >= 0.3 is 5.97 Å². The first kappa shape index (κ1) is 28.4. The number of methoxy groups -OCH3 is 1. The van der Waals surface area contributed by atoms with E-state index in [4.69, 9.17) is 18.9 Å². The summed E-state index contributed by atoms with van der Waals surface area (Å²) < 4.78 is 24.9. The van der Waals surface area contributed by atoms with Crippen molar-refractivity contribution in [3.8, 4) is 17.2 Å². The second-order valence-corrected chi connectivity index (χ2v) is 10.3. The number of allylic oxidation sites excluding steroid dienone is 1. The van der Waals surface area contributed by atoms with E-state index in [1.807, 2.05) is 31.2 Å². The van der Waals surface area contributed by atoms with Crippen molar-refractivity contribution >= 4 is 39.3 Å². The summed E-state index contributed by atoms with van der Waals surface area (Å²) in [4.78, 5) is 32.1. The number of fused-ring (bicyclic) bond motifs is 1. The SMILES string of the molecule is C=CCOc1ccc(/C=c2/sc3n(c2=O)[C@@H](c2ccc(OC)c(Br)c2)C(C(=O)OCC)=C(C)N=3)cc1OCC. The molecular formula is C29H29BrN2O6S. The van der Waals surface area contributed by atoms with Crippen LogP contribution in [0, 0.1) is 0 Å². The van der Waals surface area contributed by atoms with Crippen molar-refractivity contribution < 1.29 is 23.7 Å². The standard InChI is InChI=1S/C29H29BrN2O6S/c1-6-13-38-22-11-9-18(14-23(22)36-7-2)15-24-27(33)32-26(19-10-12-21(35-5)20(30)16-19)25(28(34)37-8-3)17(4)31-29(32)39-24/h6,9-12,14-16,26H,1,7-8,13H2,2-5H3/b24-15+/t26-/m0/s1. The zero-order chi connectivity index (χ0) is 28.1. The molecule has 1 aliphatic heterocycles. The van der Waals surface area contributed by atoms with Gasteiger partial charge in [0.2, 0.25) is 0 Å². The maximum atomic E-state index is 13.9. The third-order valence-corrected chi connectivity index (χ3v) is 7.53. The Morgan fingerprint density at radius 2 is 1.90 bits per heavy atom. The zero-order valence-electron chi connectivity index (χ0n) is 22.2. The first-order valence-corrected chi connectivity index (χ1v) is 14.0. The first-order chi connectivity index (χ1) is 18.8. The maximum Gasteiger partial charge on any atom is 0.338 e. The fourth-order valence-corrected chi connectivity index (χ4v) is 5.87. The molecule has 10 heteroatoms. The highest BCUT2D eigenvalue weighted by Crippen LogP contribution is 2.35. The zero-order valence-corrected chi connectivity index (χ0v) is 24.6. The molecule has 0 saturated heterocycles. The third-order valence-electron chi connectivity index (χ3n) is 5.93. The van der Waals surface area contributed by atoms with E-state index in [-0.39, 0.29) is 12.2 Å². The second-order valence-electron chi connectivity index (χ2n) is 8.44. The van der Waals surface area contributed by atoms with Gasteiger partial charge in [0.1, 0.15) is 12.4 Å². The fourth-order valence-electron chi connectivity index (χ4n) is 4.26. The van der Waals surface area contributed by atoms with Gasteiger partial charge in [-0.15, -0.1) is 0 Å². The lowest BCUT2D eigenvalue weighted by Crippen LogP contribution is -2.39. The van der Waals surface area contributed by atoms with Crippen molar-refractivity contribution in [3.05, 3.63) is 95.6 Å². The summed E-state index contributed by atoms with van der Waals surface area (Å²) in [6, 6.07) is 10.2. The molecule has 0 bridgehead atoms. The highest BCUT2D eigenvalue weighted by Gasteiger charge is 2.33. The van der Waals surface area contributed by atoms with Crippen LogP contribution >= 0.6 is 27.3 Å². The molecule has 2 heterocycles. The molecule has 39 heavy (non-hydrogen) atoms. The van der Waals surface area contributed by atoms with Crippen LogP contribution in [0.4, 0.5) is 0 Å². The summed E-state index contributed by atoms with van der Waals surface area (Å²) in [5, 5.41) is 0. The number of halogens is 1. The Labute approximate surface area is 238 Å². The Morgan fingerprint density at radius 3 is 2.56 bits per heavy atom. The number of nitrogens with zero attached hydrogens (tertiary/aromatic N) is 2. The van der Waals surface area contributed by atoms with Gasteiger partial charge in [0, 0.05) is 0 Å². The monoisotopic (exact) mass is 612 g/mol. The smallest absolute Gasteiger partial charge is 0.338 e. The minimum absolute atomic E-state index is 0.202. The second kappa shape index (κ2) is 12.5. The van der Waals surface area contributed by atoms with Crippen LogP contribution in [0.1, 0.15) is 37.9 Å². The van der Waals surface area contributed by atoms with E-state index in [2.05, 4.69) is 27.5 Å². The predicted molar refractivity (Wildman–Crippen MR) is 154 cm³/mol. The summed E-state index contributed by atoms with van der Waals surface area (Å²) in [5.74, 6) is 1.29. The number of carbonyl (C=O) groups excluding carboxylic acids is 1. The molecule has 1 atom stereocenters. The molecule has 4 rings (SSSR count). The summed E-state index contributed by atoms with van der Waals surface area (Å²) in [6.07, 6.45) is 3.45. The van der Waals surface area contributed by atoms with Gasteiger partial charge in [0.15, 0.2) is 16.3 Å². The number of thiazole rings is 1. The molecule has 0 aliphatic carbocycles. The minimum Gasteiger partial charge on any atom is -0.496 e. The molecule has 8 nitrogen and oxygen atoms in total. The summed E-state index contributed by atoms with van der Waals surface area (Å²) >= 11 is 4.78. The van der Waals surface area contributed by atoms with Gasteiger partial charge < -0.3 is 18.9 Å². The lowest BCUT2D eigenvalue weighted by molar-refractivity contribution is -0.139. The number of esters is 1. The van der Waals surface area contributed by atoms with Crippen LogP contribution in [0.3, 0.4) is 0 Å². The number of ether oxygens (including phenoxy) is 4. The quantitative estimate of drug-likeness (QED) is 0.247. The van der Waals surface area contributed by atoms with Gasteiger partial charge in [0.25, 0.3) is 5.56 Å². The lowest BCUT2D eigenvalue weighted by atomic mass is 9.96. The number of benzene rings is 2. The van der Waals surface area contributed by atoms with Gasteiger partial charge in [-0.05, 0) is 78.2 Å². The van der Waals surface area contributed by atoms with E-state index in [1.54, 1.807) is 49.8 Å². The minimum atomic E-state index is -0.724. The summed E-state index contributed by atoms with van der Waals surface area (Å²) in [5.41, 5.74) is 2.03. The molecule has 1 aliphatic rings. The Bertz CT molecular complexity index is 1620. The Kier molecular flexibility index (Phi) is 9.08. The van der Waals surface area contributed by atoms with Crippen molar-refractivity contribution in [2.24, 2.45) is 4.99 Å². The van der Waals surface area contributed by atoms with Crippen molar-refractivity contribution in [1.82, 2.24) is 4.57 Å². The Balaban J connectivity index is 1.89. The van der Waals surface area contributed by atoms with Gasteiger partial charge in [-0.1, -0.05) is 36.1 Å². The average molecular weight is 614 g/mol. The average Bonchev–Trinajstić information content (AvgIpc) is 3.21. The highest BCUT2D eigenvalue weighted by atomic mass is 79.9. The predicted octanol–water partition coefficient (Wildman–Crippen LogP) is 4.53. The highest BCUT2D eigenvalue weighted by molar-refractivity contribution is 9.10. The largest absolute Gasteiger partial charge is 0.496 e. The van der Waals surface area contributed by atoms with Crippen LogP contribution in [0.25, 0.3) is 6.08 Å². The lowest BCUT2D eigenvalue weighted by Gasteiger charge is -2.25. The third kappa shape index (κ3) is 5.86. The summed E-state index contributed by atoms with van der Waals surface area (Å²) in [6.45, 7) is 10.1. The molecule has 1 aromatic heterocycles. The van der Waals surface area contributed by atoms with Gasteiger partial charge in [0.05, 0.1) is 46.6 Å². The number of carbonyl (C=O) groups is 1. The van der Waals surface area contributed by atoms with E-state index < -0.39 is 12.0 Å². The topological polar surface area (TPSA) is 88.4 Å². The molecule has 0 fully saturated rings. The van der Waals surface area contributed by atoms with Crippen LogP contribution in [0.2, 0.25) is 0 Å². The van der Waals surface area contributed by atoms with Gasteiger partial charge in [-0.2, -0.15) is 0 Å². The van der Waals surface area contributed by atoms with Crippen LogP contribution in [-0.4, -0.2) is 37.5 Å². The molecule has 0 N–H and O–H groups in total. The van der Waals surface area contributed by atoms with Crippen LogP contribution in [0.15, 0.2) is 74.6 Å². The molecule has 0 saturated carbocycles. The number of hydrogen-bond donors (Lipinski definition) is 0. The van der Waals surface area contributed by atoms with Crippen molar-refractivity contribution in [2.75, 3.05) is 26.9 Å². The molecule has 0 radical (unpaired) electrons. The van der Waals surface area contributed by atoms with E-state index in [0.717, 1.165) is 11.1 Å². The van der Waals surface area contributed by atoms with E-state index in [1.165, 1.54) is 11.3 Å². The molecule has 0 unspecified atom stereocenters. The number of rotatable bonds is 10. The molecular weight excluding hydrogens is 584 g/mol. The van der Waals surface area contributed by atoms with Crippen LogP contribution in [-0.2, 0) is 9.53 Å². The van der Waals surface area contributed by atoms with Crippen molar-refractivity contribution in [1.29, 1.82) is 0 Å². The molecule has 0 amide bonds. The Hall–Kier alpha value is -3.63. The van der Waals surface area contributed by atoms with Gasteiger partial charge in [-0.3, -0.25) is 9.36 Å². The molecule has 3 aromatic rings. The molecule has 2 aromatic carbocycles. The number of hydrogen-bond acceptors (Lipinski definition) is 8. The van der Waals surface area contributed by atoms with Crippen LogP contribution in [0.5, 0.6) is 17.2 Å². The van der Waals surface area contributed by atoms with E-state index in [9.17, 15) is 9.59 Å². The number of aromatic nitrogens is 1. The molecule has 204 valence electrons. The molecule has 0 spiro atoms. The van der Waals surface area contributed by atoms with Crippen molar-refractivity contribution in [2.45, 2.75) is 26.8 Å². The first-order valence-electron chi connectivity index (χ1n) is 12.4. The normalized spacial score (nSPS) is 14.9. The summed E-state index contributed by atoms with van der Waals surface area (Å²) in [7, 11) is 1.58. The van der Waals surface area contributed by atoms with E-state index in [0.29, 0.717) is 55.5 Å². The van der Waals surface area contributed by atoms with Crippen molar-refractivity contribution in [3.63, 3.8) is 0 Å². The van der Waals surface area contributed by atoms with Crippen LogP contribution < -0.4 is 29.1 Å².